The van der Waals surface area contributed by atoms with Crippen molar-refractivity contribution in [3.63, 3.8) is 0 Å². The smallest absolute Gasteiger partial charge is 0.355 e. The Balaban J connectivity index is 1.55. The number of nitrogens with zero attached hydrogens (tertiary/aromatic N) is 3. The van der Waals surface area contributed by atoms with Crippen LogP contribution in [-0.2, 0) is 22.9 Å². The molecule has 226 valence electrons. The second-order valence-electron chi connectivity index (χ2n) is 10.8. The second kappa shape index (κ2) is 11.5. The van der Waals surface area contributed by atoms with Crippen molar-refractivity contribution in [3.8, 4) is 27.5 Å². The molecule has 2 aromatic heterocycles. The number of primary sulfonamides is 1. The molecule has 0 spiro atoms. The predicted octanol–water partition coefficient (Wildman–Crippen LogP) is 6.79. The first-order valence-corrected chi connectivity index (χ1v) is 16.4. The van der Waals surface area contributed by atoms with Crippen LogP contribution in [0.15, 0.2) is 64.9 Å². The lowest BCUT2D eigenvalue weighted by Crippen LogP contribution is -2.14. The number of benzene rings is 3. The first-order valence-electron chi connectivity index (χ1n) is 13.6. The number of nitrogens with two attached hydrogens (primary N) is 1. The van der Waals surface area contributed by atoms with Crippen LogP contribution in [-0.4, -0.2) is 34.3 Å². The number of carbonyl (C=O) groups is 1. The number of halogens is 3. The first kappa shape index (κ1) is 30.1. The van der Waals surface area contributed by atoms with E-state index in [1.165, 1.54) is 17.5 Å². The predicted molar refractivity (Wildman–Crippen MR) is 164 cm³/mol. The van der Waals surface area contributed by atoms with Crippen molar-refractivity contribution in [1.82, 2.24) is 14.8 Å². The summed E-state index contributed by atoms with van der Waals surface area (Å²) in [6, 6.07) is 13.6. The largest absolute Gasteiger partial charge is 0.476 e. The standard InChI is InChI=1S/C31H25ClF2N4O4S2/c1-16-10-19(5-7-23(16)32)21-14-20(6-8-24(21)33)29-22(11-18-4-9-28(25(34)12-18)44(35,41)42)27(13-17-2-3-17)38(37-29)31-36-26(15-43-31)30(39)40/h4-10,12,14-15,17H,2-3,11,13H2,1H3,(H,39,40)(H2,35,41,42). The van der Waals surface area contributed by atoms with Gasteiger partial charge in [0, 0.05) is 33.5 Å². The highest BCUT2D eigenvalue weighted by molar-refractivity contribution is 7.89. The summed E-state index contributed by atoms with van der Waals surface area (Å²) in [5, 5.41) is 21.9. The van der Waals surface area contributed by atoms with Crippen LogP contribution in [0.4, 0.5) is 8.78 Å². The average molecular weight is 655 g/mol. The van der Waals surface area contributed by atoms with Gasteiger partial charge >= 0.3 is 5.97 Å². The van der Waals surface area contributed by atoms with Gasteiger partial charge < -0.3 is 5.11 Å². The van der Waals surface area contributed by atoms with Crippen LogP contribution >= 0.6 is 22.9 Å². The molecule has 2 heterocycles. The molecule has 1 aliphatic rings. The number of hydrogen-bond donors (Lipinski definition) is 2. The molecule has 0 amide bonds. The van der Waals surface area contributed by atoms with E-state index in [1.807, 2.05) is 6.92 Å². The van der Waals surface area contributed by atoms with Crippen molar-refractivity contribution in [2.24, 2.45) is 11.1 Å². The van der Waals surface area contributed by atoms with E-state index in [4.69, 9.17) is 21.8 Å². The SMILES string of the molecule is Cc1cc(-c2cc(-c3nn(-c4nc(C(=O)O)cs4)c(CC4CC4)c3Cc3ccc(S(N)(=O)=O)c(F)c3)ccc2F)ccc1Cl. The summed E-state index contributed by atoms with van der Waals surface area (Å²) < 4.78 is 55.3. The van der Waals surface area contributed by atoms with Gasteiger partial charge in [0.25, 0.3) is 0 Å². The minimum atomic E-state index is -4.26. The first-order chi connectivity index (χ1) is 20.9. The number of aromatic carboxylic acids is 1. The lowest BCUT2D eigenvalue weighted by molar-refractivity contribution is 0.0691. The highest BCUT2D eigenvalue weighted by Crippen LogP contribution is 2.39. The summed E-state index contributed by atoms with van der Waals surface area (Å²) in [6.07, 6.45) is 2.77. The van der Waals surface area contributed by atoms with Crippen molar-refractivity contribution in [2.45, 2.75) is 37.5 Å². The molecule has 0 bridgehead atoms. The summed E-state index contributed by atoms with van der Waals surface area (Å²) >= 11 is 7.33. The number of carboxylic acid groups (broad SMARTS) is 1. The summed E-state index contributed by atoms with van der Waals surface area (Å²) in [4.78, 5) is 15.3. The summed E-state index contributed by atoms with van der Waals surface area (Å²) in [6.45, 7) is 1.83. The molecule has 0 unspecified atom stereocenters. The molecule has 0 radical (unpaired) electrons. The Morgan fingerprint density at radius 1 is 1.09 bits per heavy atom. The molecule has 3 N–H and O–H groups in total. The van der Waals surface area contributed by atoms with Crippen LogP contribution in [0.5, 0.6) is 0 Å². The van der Waals surface area contributed by atoms with E-state index in [9.17, 15) is 22.7 Å². The zero-order valence-electron chi connectivity index (χ0n) is 23.2. The quantitative estimate of drug-likeness (QED) is 0.180. The van der Waals surface area contributed by atoms with Gasteiger partial charge in [-0.2, -0.15) is 5.10 Å². The van der Waals surface area contributed by atoms with E-state index in [2.05, 4.69) is 4.98 Å². The van der Waals surface area contributed by atoms with Gasteiger partial charge in [0.05, 0.1) is 11.4 Å². The molecule has 0 atom stereocenters. The van der Waals surface area contributed by atoms with Gasteiger partial charge in [-0.05, 0) is 91.3 Å². The van der Waals surface area contributed by atoms with E-state index in [0.29, 0.717) is 56.0 Å². The second-order valence-corrected chi connectivity index (χ2v) is 13.6. The van der Waals surface area contributed by atoms with E-state index in [1.54, 1.807) is 35.0 Å². The van der Waals surface area contributed by atoms with E-state index < -0.39 is 32.5 Å². The summed E-state index contributed by atoms with van der Waals surface area (Å²) in [5.74, 6) is -2.22. The van der Waals surface area contributed by atoms with E-state index in [0.717, 1.165) is 47.6 Å². The van der Waals surface area contributed by atoms with Gasteiger partial charge in [0.2, 0.25) is 15.2 Å². The number of aryl methyl sites for hydroxylation is 1. The van der Waals surface area contributed by atoms with Crippen molar-refractivity contribution >= 4 is 38.9 Å². The highest BCUT2D eigenvalue weighted by Gasteiger charge is 2.30. The van der Waals surface area contributed by atoms with Crippen molar-refractivity contribution in [2.75, 3.05) is 0 Å². The summed E-state index contributed by atoms with van der Waals surface area (Å²) in [7, 11) is -4.26. The van der Waals surface area contributed by atoms with Crippen molar-refractivity contribution in [3.05, 3.63) is 105 Å². The van der Waals surface area contributed by atoms with Gasteiger partial charge in [0.15, 0.2) is 5.69 Å². The molecule has 1 aliphatic carbocycles. The third-order valence-corrected chi connectivity index (χ3v) is 9.74. The molecule has 3 aromatic carbocycles. The molecule has 0 aliphatic heterocycles. The molecule has 1 fully saturated rings. The fourth-order valence-electron chi connectivity index (χ4n) is 5.12. The van der Waals surface area contributed by atoms with Crippen LogP contribution in [0.1, 0.15) is 45.7 Å². The molecule has 5 aromatic rings. The Morgan fingerprint density at radius 2 is 1.84 bits per heavy atom. The van der Waals surface area contributed by atoms with Gasteiger partial charge in [-0.25, -0.2) is 36.8 Å². The van der Waals surface area contributed by atoms with Crippen molar-refractivity contribution in [1.29, 1.82) is 0 Å². The topological polar surface area (TPSA) is 128 Å². The Labute approximate surface area is 260 Å². The summed E-state index contributed by atoms with van der Waals surface area (Å²) in [5.41, 5.74) is 4.61. The maximum Gasteiger partial charge on any atom is 0.355 e. The number of sulfonamides is 1. The van der Waals surface area contributed by atoms with Gasteiger partial charge in [-0.1, -0.05) is 23.7 Å². The Hall–Kier alpha value is -3.97. The molecular weight excluding hydrogens is 630 g/mol. The van der Waals surface area contributed by atoms with Crippen LogP contribution in [0.3, 0.4) is 0 Å². The maximum atomic E-state index is 15.2. The molecule has 0 saturated heterocycles. The van der Waals surface area contributed by atoms with Gasteiger partial charge in [0.1, 0.15) is 16.5 Å². The highest BCUT2D eigenvalue weighted by atomic mass is 35.5. The van der Waals surface area contributed by atoms with Gasteiger partial charge in [-0.15, -0.1) is 11.3 Å². The third-order valence-electron chi connectivity index (χ3n) is 7.55. The average Bonchev–Trinajstić information content (AvgIpc) is 3.52. The lowest BCUT2D eigenvalue weighted by Gasteiger charge is -2.11. The molecular formula is C31H25ClF2N4O4S2. The third kappa shape index (κ3) is 6.03. The number of thiazole rings is 1. The molecule has 1 saturated carbocycles. The van der Waals surface area contributed by atoms with Crippen LogP contribution in [0.2, 0.25) is 5.02 Å². The van der Waals surface area contributed by atoms with Crippen molar-refractivity contribution < 1.29 is 27.1 Å². The zero-order chi connectivity index (χ0) is 31.3. The van der Waals surface area contributed by atoms with Crippen LogP contribution < -0.4 is 5.14 Å². The maximum absolute atomic E-state index is 15.2. The molecule has 13 heteroatoms. The Bertz CT molecular complexity index is 2060. The van der Waals surface area contributed by atoms with E-state index in [-0.39, 0.29) is 12.1 Å². The minimum absolute atomic E-state index is 0.121. The van der Waals surface area contributed by atoms with Crippen LogP contribution in [0.25, 0.3) is 27.5 Å². The minimum Gasteiger partial charge on any atom is -0.476 e. The van der Waals surface area contributed by atoms with Gasteiger partial charge in [-0.3, -0.25) is 0 Å². The zero-order valence-corrected chi connectivity index (χ0v) is 25.6. The number of carboxylic acids is 1. The number of aromatic nitrogens is 3. The monoisotopic (exact) mass is 654 g/mol. The molecule has 8 nitrogen and oxygen atoms in total. The molecule has 44 heavy (non-hydrogen) atoms. The number of hydrogen-bond acceptors (Lipinski definition) is 6. The Morgan fingerprint density at radius 3 is 2.48 bits per heavy atom. The normalized spacial score (nSPS) is 13.4. The fourth-order valence-corrected chi connectivity index (χ4v) is 6.60. The number of rotatable bonds is 9. The lowest BCUT2D eigenvalue weighted by atomic mass is 9.94. The fraction of sp³-hybridized carbons (Fsp3) is 0.194. The van der Waals surface area contributed by atoms with Crippen LogP contribution in [0, 0.1) is 24.5 Å². The Kier molecular flexibility index (Phi) is 7.87. The molecule has 6 rings (SSSR count). The van der Waals surface area contributed by atoms with E-state index >= 15 is 4.39 Å².